The van der Waals surface area contributed by atoms with Gasteiger partial charge in [0, 0.05) is 10.6 Å². The first-order valence-corrected chi connectivity index (χ1v) is 9.75. The molecule has 1 aromatic heterocycles. The summed E-state index contributed by atoms with van der Waals surface area (Å²) in [6, 6.07) is 16.0. The SMILES string of the molecule is Cc1ccc(-n2nc(C)c(NC(=O)C[NH2+][C@H](C)c3ccc(Cl)cc3)c2C)cc1. The van der Waals surface area contributed by atoms with Gasteiger partial charge in [-0.3, -0.25) is 4.79 Å². The van der Waals surface area contributed by atoms with Gasteiger partial charge in [-0.15, -0.1) is 0 Å². The smallest absolute Gasteiger partial charge is 0.279 e. The number of aromatic nitrogens is 2. The van der Waals surface area contributed by atoms with Crippen molar-refractivity contribution in [2.24, 2.45) is 0 Å². The number of halogens is 1. The van der Waals surface area contributed by atoms with Gasteiger partial charge in [-0.05, 0) is 52.0 Å². The Balaban J connectivity index is 1.65. The van der Waals surface area contributed by atoms with E-state index in [1.54, 1.807) is 0 Å². The van der Waals surface area contributed by atoms with Gasteiger partial charge in [0.2, 0.25) is 0 Å². The van der Waals surface area contributed by atoms with Crippen LogP contribution in [0.25, 0.3) is 5.69 Å². The van der Waals surface area contributed by atoms with Gasteiger partial charge in [-0.1, -0.05) is 41.4 Å². The van der Waals surface area contributed by atoms with Gasteiger partial charge < -0.3 is 10.6 Å². The number of hydrogen-bond donors (Lipinski definition) is 2. The maximum atomic E-state index is 12.5. The molecule has 146 valence electrons. The van der Waals surface area contributed by atoms with Crippen molar-refractivity contribution in [3.8, 4) is 5.69 Å². The zero-order chi connectivity index (χ0) is 20.3. The number of carbonyl (C=O) groups is 1. The predicted octanol–water partition coefficient (Wildman–Crippen LogP) is 3.71. The van der Waals surface area contributed by atoms with E-state index in [0.29, 0.717) is 11.6 Å². The molecule has 6 heteroatoms. The Kier molecular flexibility index (Phi) is 6.17. The largest absolute Gasteiger partial charge is 0.333 e. The lowest BCUT2D eigenvalue weighted by Gasteiger charge is -2.11. The number of nitrogens with one attached hydrogen (secondary N) is 1. The van der Waals surface area contributed by atoms with E-state index < -0.39 is 0 Å². The number of nitrogens with zero attached hydrogens (tertiary/aromatic N) is 2. The van der Waals surface area contributed by atoms with E-state index in [1.165, 1.54) is 5.56 Å². The summed E-state index contributed by atoms with van der Waals surface area (Å²) in [6.45, 7) is 8.34. The molecule has 2 aromatic carbocycles. The first-order valence-electron chi connectivity index (χ1n) is 9.37. The van der Waals surface area contributed by atoms with Gasteiger partial charge in [-0.25, -0.2) is 4.68 Å². The van der Waals surface area contributed by atoms with Crippen molar-refractivity contribution >= 4 is 23.2 Å². The van der Waals surface area contributed by atoms with Gasteiger partial charge in [0.05, 0.1) is 22.8 Å². The molecule has 28 heavy (non-hydrogen) atoms. The summed E-state index contributed by atoms with van der Waals surface area (Å²) < 4.78 is 1.87. The van der Waals surface area contributed by atoms with Crippen LogP contribution >= 0.6 is 11.6 Å². The summed E-state index contributed by atoms with van der Waals surface area (Å²) in [6.07, 6.45) is 0. The fraction of sp³-hybridized carbons (Fsp3) is 0.273. The van der Waals surface area contributed by atoms with Crippen LogP contribution in [0.4, 0.5) is 5.69 Å². The lowest BCUT2D eigenvalue weighted by Crippen LogP contribution is -2.86. The van der Waals surface area contributed by atoms with E-state index in [1.807, 2.05) is 60.2 Å². The first kappa shape index (κ1) is 20.1. The van der Waals surface area contributed by atoms with Crippen LogP contribution in [0.2, 0.25) is 5.02 Å². The average Bonchev–Trinajstić information content (AvgIpc) is 2.95. The van der Waals surface area contributed by atoms with E-state index in [9.17, 15) is 4.79 Å². The summed E-state index contributed by atoms with van der Waals surface area (Å²) >= 11 is 5.94. The van der Waals surface area contributed by atoms with Crippen LogP contribution in [0.1, 0.15) is 35.5 Å². The molecular formula is C22H26ClN4O+. The molecule has 1 heterocycles. The lowest BCUT2D eigenvalue weighted by atomic mass is 10.1. The normalized spacial score (nSPS) is 12.0. The Morgan fingerprint density at radius 1 is 1.11 bits per heavy atom. The molecule has 0 bridgehead atoms. The van der Waals surface area contributed by atoms with Crippen LogP contribution in [0.3, 0.4) is 0 Å². The second-order valence-electron chi connectivity index (χ2n) is 7.12. The number of rotatable bonds is 6. The van der Waals surface area contributed by atoms with Gasteiger partial charge in [-0.2, -0.15) is 5.10 Å². The third kappa shape index (κ3) is 4.61. The van der Waals surface area contributed by atoms with Crippen molar-refractivity contribution in [3.05, 3.63) is 76.1 Å². The minimum absolute atomic E-state index is 0.0459. The van der Waals surface area contributed by atoms with Crippen molar-refractivity contribution in [1.29, 1.82) is 0 Å². The van der Waals surface area contributed by atoms with E-state index in [4.69, 9.17) is 11.6 Å². The zero-order valence-corrected chi connectivity index (χ0v) is 17.4. The summed E-state index contributed by atoms with van der Waals surface area (Å²) in [5.74, 6) is -0.0459. The summed E-state index contributed by atoms with van der Waals surface area (Å²) in [5, 5.41) is 10.3. The molecule has 0 fully saturated rings. The van der Waals surface area contributed by atoms with E-state index in [0.717, 1.165) is 28.3 Å². The molecule has 0 unspecified atom stereocenters. The molecule has 0 spiro atoms. The molecule has 3 rings (SSSR count). The number of anilines is 1. The average molecular weight is 398 g/mol. The van der Waals surface area contributed by atoms with Crippen molar-refractivity contribution in [2.45, 2.75) is 33.7 Å². The van der Waals surface area contributed by atoms with Gasteiger partial charge in [0.25, 0.3) is 5.91 Å². The fourth-order valence-electron chi connectivity index (χ4n) is 3.14. The summed E-state index contributed by atoms with van der Waals surface area (Å²) in [7, 11) is 0. The van der Waals surface area contributed by atoms with Crippen LogP contribution in [0, 0.1) is 20.8 Å². The van der Waals surface area contributed by atoms with E-state index >= 15 is 0 Å². The molecule has 0 radical (unpaired) electrons. The third-order valence-electron chi connectivity index (χ3n) is 4.89. The highest BCUT2D eigenvalue weighted by molar-refractivity contribution is 6.30. The number of nitrogens with two attached hydrogens (primary N) is 1. The Bertz CT molecular complexity index is 961. The molecule has 3 N–H and O–H groups in total. The summed E-state index contributed by atoms with van der Waals surface area (Å²) in [5.41, 5.74) is 5.81. The zero-order valence-electron chi connectivity index (χ0n) is 16.7. The first-order chi connectivity index (χ1) is 13.3. The number of amides is 1. The second-order valence-corrected chi connectivity index (χ2v) is 7.56. The maximum Gasteiger partial charge on any atom is 0.279 e. The van der Waals surface area contributed by atoms with Crippen molar-refractivity contribution in [1.82, 2.24) is 9.78 Å². The lowest BCUT2D eigenvalue weighted by molar-refractivity contribution is -0.682. The molecule has 0 saturated heterocycles. The van der Waals surface area contributed by atoms with Crippen LogP contribution in [-0.4, -0.2) is 22.2 Å². The third-order valence-corrected chi connectivity index (χ3v) is 5.14. The molecule has 3 aromatic rings. The van der Waals surface area contributed by atoms with Crippen LogP contribution in [-0.2, 0) is 4.79 Å². The number of carbonyl (C=O) groups excluding carboxylic acids is 1. The standard InChI is InChI=1S/C22H25ClN4O/c1-14-5-11-20(12-6-14)27-17(4)22(16(3)26-27)25-21(28)13-24-15(2)18-7-9-19(23)10-8-18/h5-12,15,24H,13H2,1-4H3,(H,25,28)/p+1/t15-/m1/s1. The molecule has 0 aliphatic heterocycles. The van der Waals surface area contributed by atoms with Gasteiger partial charge in [0.15, 0.2) is 6.54 Å². The second kappa shape index (κ2) is 8.59. The monoisotopic (exact) mass is 397 g/mol. The molecule has 1 atom stereocenters. The van der Waals surface area contributed by atoms with E-state index in [2.05, 4.69) is 36.4 Å². The van der Waals surface area contributed by atoms with E-state index in [-0.39, 0.29) is 11.9 Å². The van der Waals surface area contributed by atoms with Crippen molar-refractivity contribution in [3.63, 3.8) is 0 Å². The molecule has 1 amide bonds. The van der Waals surface area contributed by atoms with Gasteiger partial charge in [0.1, 0.15) is 6.04 Å². The quantitative estimate of drug-likeness (QED) is 0.665. The predicted molar refractivity (Wildman–Crippen MR) is 113 cm³/mol. The molecular weight excluding hydrogens is 372 g/mol. The minimum Gasteiger partial charge on any atom is -0.333 e. The van der Waals surface area contributed by atoms with Gasteiger partial charge >= 0.3 is 0 Å². The highest BCUT2D eigenvalue weighted by Crippen LogP contribution is 2.23. The molecule has 0 aliphatic rings. The van der Waals surface area contributed by atoms with Crippen LogP contribution in [0.15, 0.2) is 48.5 Å². The van der Waals surface area contributed by atoms with Crippen LogP contribution < -0.4 is 10.6 Å². The van der Waals surface area contributed by atoms with Crippen molar-refractivity contribution in [2.75, 3.05) is 11.9 Å². The molecule has 5 nitrogen and oxygen atoms in total. The number of quaternary nitrogens is 1. The maximum absolute atomic E-state index is 12.5. The summed E-state index contributed by atoms with van der Waals surface area (Å²) in [4.78, 5) is 12.5. The molecule has 0 saturated carbocycles. The highest BCUT2D eigenvalue weighted by Gasteiger charge is 2.17. The fourth-order valence-corrected chi connectivity index (χ4v) is 3.26. The Hall–Kier alpha value is -2.63. The number of hydrogen-bond acceptors (Lipinski definition) is 2. The van der Waals surface area contributed by atoms with Crippen LogP contribution in [0.5, 0.6) is 0 Å². The Labute approximate surface area is 170 Å². The number of aryl methyl sites for hydroxylation is 2. The topological polar surface area (TPSA) is 63.5 Å². The number of benzene rings is 2. The minimum atomic E-state index is -0.0459. The molecule has 0 aliphatic carbocycles. The highest BCUT2D eigenvalue weighted by atomic mass is 35.5. The van der Waals surface area contributed by atoms with Crippen molar-refractivity contribution < 1.29 is 10.1 Å². The Morgan fingerprint density at radius 3 is 2.39 bits per heavy atom. The Morgan fingerprint density at radius 2 is 1.75 bits per heavy atom.